The fourth-order valence-electron chi connectivity index (χ4n) is 3.84. The number of hydrogen-bond donors (Lipinski definition) is 1. The van der Waals surface area contributed by atoms with Crippen molar-refractivity contribution in [3.63, 3.8) is 0 Å². The summed E-state index contributed by atoms with van der Waals surface area (Å²) in [4.78, 5) is 9.11. The lowest BCUT2D eigenvalue weighted by Crippen LogP contribution is -2.47. The Labute approximate surface area is 167 Å². The molecule has 27 heavy (non-hydrogen) atoms. The number of hydrogen-bond acceptors (Lipinski definition) is 4. The van der Waals surface area contributed by atoms with Crippen molar-refractivity contribution in [3.05, 3.63) is 34.9 Å². The molecule has 2 aliphatic rings. The summed E-state index contributed by atoms with van der Waals surface area (Å²) in [5, 5.41) is 4.37. The van der Waals surface area contributed by atoms with Gasteiger partial charge in [0.2, 0.25) is 0 Å². The minimum Gasteiger partial charge on any atom is -0.381 e. The molecule has 0 saturated carbocycles. The van der Waals surface area contributed by atoms with Crippen molar-refractivity contribution in [2.75, 3.05) is 66.7 Å². The number of guanidine groups is 1. The molecule has 1 aromatic carbocycles. The molecule has 2 fully saturated rings. The van der Waals surface area contributed by atoms with E-state index in [1.54, 1.807) is 0 Å². The minimum absolute atomic E-state index is 0.183. The van der Waals surface area contributed by atoms with Gasteiger partial charge in [-0.05, 0) is 18.1 Å². The Kier molecular flexibility index (Phi) is 7.76. The lowest BCUT2D eigenvalue weighted by Gasteiger charge is -2.36. The number of nitrogens with zero attached hydrogens (tertiary/aromatic N) is 3. The highest BCUT2D eigenvalue weighted by atomic mass is 35.5. The minimum atomic E-state index is 0.183. The molecule has 2 aliphatic heterocycles. The summed E-state index contributed by atoms with van der Waals surface area (Å²) in [5.41, 5.74) is 1.15. The van der Waals surface area contributed by atoms with Crippen molar-refractivity contribution in [1.82, 2.24) is 15.1 Å². The fraction of sp³-hybridized carbons (Fsp3) is 0.650. The first-order valence-corrected chi connectivity index (χ1v) is 10.1. The summed E-state index contributed by atoms with van der Waals surface area (Å²) in [6.07, 6.45) is 1.12. The SMILES string of the molecule is CN=C(NCC(c1ccccc1Cl)N1CCOCC1)N(C)CC1CCOC1. The first kappa shape index (κ1) is 20.4. The monoisotopic (exact) mass is 394 g/mol. The molecular formula is C20H31ClN4O2. The van der Waals surface area contributed by atoms with Gasteiger partial charge in [0.1, 0.15) is 0 Å². The number of halogens is 1. The molecule has 1 N–H and O–H groups in total. The topological polar surface area (TPSA) is 49.3 Å². The third-order valence-electron chi connectivity index (χ3n) is 5.33. The zero-order valence-corrected chi connectivity index (χ0v) is 17.1. The van der Waals surface area contributed by atoms with E-state index in [2.05, 4.69) is 39.3 Å². The van der Waals surface area contributed by atoms with Gasteiger partial charge >= 0.3 is 0 Å². The number of nitrogens with one attached hydrogen (secondary N) is 1. The maximum Gasteiger partial charge on any atom is 0.193 e. The number of benzene rings is 1. The Bertz CT molecular complexity index is 616. The van der Waals surface area contributed by atoms with E-state index < -0.39 is 0 Å². The summed E-state index contributed by atoms with van der Waals surface area (Å²) < 4.78 is 11.0. The molecule has 0 spiro atoms. The molecule has 6 nitrogen and oxygen atoms in total. The van der Waals surface area contributed by atoms with Crippen molar-refractivity contribution in [2.24, 2.45) is 10.9 Å². The highest BCUT2D eigenvalue weighted by molar-refractivity contribution is 6.31. The Morgan fingerprint density at radius 3 is 2.74 bits per heavy atom. The van der Waals surface area contributed by atoms with Gasteiger partial charge in [0.05, 0.1) is 25.9 Å². The molecule has 2 atom stereocenters. The average Bonchev–Trinajstić information content (AvgIpc) is 3.20. The van der Waals surface area contributed by atoms with Gasteiger partial charge in [-0.15, -0.1) is 0 Å². The Morgan fingerprint density at radius 1 is 1.30 bits per heavy atom. The number of ether oxygens (including phenoxy) is 2. The van der Waals surface area contributed by atoms with Crippen LogP contribution in [0.3, 0.4) is 0 Å². The fourth-order valence-corrected chi connectivity index (χ4v) is 4.11. The molecule has 2 unspecified atom stereocenters. The van der Waals surface area contributed by atoms with Crippen LogP contribution in [0.1, 0.15) is 18.0 Å². The van der Waals surface area contributed by atoms with E-state index in [-0.39, 0.29) is 6.04 Å². The van der Waals surface area contributed by atoms with Crippen molar-refractivity contribution >= 4 is 17.6 Å². The van der Waals surface area contributed by atoms with Gasteiger partial charge in [0.15, 0.2) is 5.96 Å². The lowest BCUT2D eigenvalue weighted by atomic mass is 10.0. The Hall–Kier alpha value is -1.34. The van der Waals surface area contributed by atoms with Gasteiger partial charge in [-0.3, -0.25) is 9.89 Å². The van der Waals surface area contributed by atoms with Gasteiger partial charge in [-0.25, -0.2) is 0 Å². The van der Waals surface area contributed by atoms with Crippen LogP contribution in [0.4, 0.5) is 0 Å². The predicted molar refractivity (Wildman–Crippen MR) is 110 cm³/mol. The van der Waals surface area contributed by atoms with Crippen LogP contribution in [0, 0.1) is 5.92 Å². The number of rotatable bonds is 6. The zero-order chi connectivity index (χ0) is 19.1. The van der Waals surface area contributed by atoms with Crippen LogP contribution in [0.5, 0.6) is 0 Å². The summed E-state index contributed by atoms with van der Waals surface area (Å²) >= 11 is 6.52. The van der Waals surface area contributed by atoms with Gasteiger partial charge in [0, 0.05) is 57.8 Å². The highest BCUT2D eigenvalue weighted by Crippen LogP contribution is 2.27. The molecular weight excluding hydrogens is 364 g/mol. The molecule has 1 aromatic rings. The average molecular weight is 395 g/mol. The van der Waals surface area contributed by atoms with Crippen molar-refractivity contribution < 1.29 is 9.47 Å². The second-order valence-electron chi connectivity index (χ2n) is 7.22. The highest BCUT2D eigenvalue weighted by Gasteiger charge is 2.25. The molecule has 0 radical (unpaired) electrons. The van der Waals surface area contributed by atoms with Gasteiger partial charge in [0.25, 0.3) is 0 Å². The summed E-state index contributed by atoms with van der Waals surface area (Å²) in [6, 6.07) is 8.29. The van der Waals surface area contributed by atoms with E-state index in [1.807, 2.05) is 19.2 Å². The predicted octanol–water partition coefficient (Wildman–Crippen LogP) is 2.26. The van der Waals surface area contributed by atoms with E-state index in [0.717, 1.165) is 75.6 Å². The van der Waals surface area contributed by atoms with E-state index >= 15 is 0 Å². The zero-order valence-electron chi connectivity index (χ0n) is 16.4. The van der Waals surface area contributed by atoms with Crippen LogP contribution in [0.25, 0.3) is 0 Å². The molecule has 0 aromatic heterocycles. The van der Waals surface area contributed by atoms with Crippen LogP contribution in [-0.2, 0) is 9.47 Å². The second kappa shape index (κ2) is 10.3. The Morgan fingerprint density at radius 2 is 2.07 bits per heavy atom. The van der Waals surface area contributed by atoms with Crippen LogP contribution in [0.2, 0.25) is 5.02 Å². The van der Waals surface area contributed by atoms with Crippen LogP contribution >= 0.6 is 11.6 Å². The summed E-state index contributed by atoms with van der Waals surface area (Å²) in [7, 11) is 3.93. The quantitative estimate of drug-likeness (QED) is 0.592. The normalized spacial score (nSPS) is 22.6. The van der Waals surface area contributed by atoms with Gasteiger partial charge in [-0.1, -0.05) is 29.8 Å². The maximum absolute atomic E-state index is 6.52. The number of morpholine rings is 1. The first-order valence-electron chi connectivity index (χ1n) is 9.74. The van der Waals surface area contributed by atoms with Crippen molar-refractivity contribution in [1.29, 1.82) is 0 Å². The van der Waals surface area contributed by atoms with E-state index in [9.17, 15) is 0 Å². The van der Waals surface area contributed by atoms with Crippen LogP contribution in [0.15, 0.2) is 29.3 Å². The number of aliphatic imine (C=N–C) groups is 1. The molecule has 0 aliphatic carbocycles. The molecule has 0 bridgehead atoms. The molecule has 3 rings (SSSR count). The lowest BCUT2D eigenvalue weighted by molar-refractivity contribution is 0.0169. The second-order valence-corrected chi connectivity index (χ2v) is 7.63. The van der Waals surface area contributed by atoms with Crippen molar-refractivity contribution in [2.45, 2.75) is 12.5 Å². The largest absolute Gasteiger partial charge is 0.381 e. The van der Waals surface area contributed by atoms with Crippen LogP contribution < -0.4 is 5.32 Å². The summed E-state index contributed by atoms with van der Waals surface area (Å²) in [6.45, 7) is 6.76. The molecule has 150 valence electrons. The standard InChI is InChI=1S/C20H31ClN4O2/c1-22-20(24(2)14-16-7-10-27-15-16)23-13-19(25-8-11-26-12-9-25)17-5-3-4-6-18(17)21/h3-6,16,19H,7-15H2,1-2H3,(H,22,23). The molecule has 2 heterocycles. The van der Waals surface area contributed by atoms with Crippen LogP contribution in [-0.4, -0.2) is 82.5 Å². The van der Waals surface area contributed by atoms with E-state index in [1.165, 1.54) is 0 Å². The summed E-state index contributed by atoms with van der Waals surface area (Å²) in [5.74, 6) is 1.49. The van der Waals surface area contributed by atoms with Gasteiger partial charge in [-0.2, -0.15) is 0 Å². The Balaban J connectivity index is 1.66. The third-order valence-corrected chi connectivity index (χ3v) is 5.68. The van der Waals surface area contributed by atoms with Crippen molar-refractivity contribution in [3.8, 4) is 0 Å². The van der Waals surface area contributed by atoms with E-state index in [0.29, 0.717) is 5.92 Å². The maximum atomic E-state index is 6.52. The van der Waals surface area contributed by atoms with Gasteiger partial charge < -0.3 is 19.7 Å². The molecule has 0 amide bonds. The molecule has 2 saturated heterocycles. The van der Waals surface area contributed by atoms with E-state index in [4.69, 9.17) is 21.1 Å². The smallest absolute Gasteiger partial charge is 0.193 e. The third kappa shape index (κ3) is 5.57. The first-order chi connectivity index (χ1) is 13.2. The molecule has 7 heteroatoms.